The van der Waals surface area contributed by atoms with E-state index in [0.29, 0.717) is 31.1 Å². The molecule has 2 amide bonds. The Morgan fingerprint density at radius 1 is 0.793 bits per heavy atom. The molecule has 2 N–H and O–H groups in total. The van der Waals surface area contributed by atoms with Gasteiger partial charge >= 0.3 is 0 Å². The number of piperidine rings is 3. The van der Waals surface area contributed by atoms with Gasteiger partial charge in [0.15, 0.2) is 5.78 Å². The molecule has 10 rings (SSSR count). The highest BCUT2D eigenvalue weighted by Crippen LogP contribution is 2.42. The molecule has 0 radical (unpaired) electrons. The summed E-state index contributed by atoms with van der Waals surface area (Å²) in [5, 5.41) is 11.2. The van der Waals surface area contributed by atoms with Crippen molar-refractivity contribution in [3.8, 4) is 17.1 Å². The molecule has 6 aliphatic rings. The fourth-order valence-electron chi connectivity index (χ4n) is 10.3. The molecule has 1 saturated carbocycles. The summed E-state index contributed by atoms with van der Waals surface area (Å²) < 4.78 is 6.24. The second-order valence-electron chi connectivity index (χ2n) is 18.1. The number of Topliss-reactive ketones (excluding diaryl/α,β-unsaturated/α-hetero) is 1. The molecule has 2 aromatic carbocycles. The SMILES string of the molecule is CC1(Oc2ccc3n[nH]c(-c4cc(N5CCC(CN6CCN(CC7CCN(c8cccc9c8CC(C8CCC(=O)NC8=O)C9=O)CC7)CC6)CC5)ncn4)c3c2)CC1. The summed E-state index contributed by atoms with van der Waals surface area (Å²) in [5.74, 6) is 1.98. The molecule has 4 saturated heterocycles. The second-order valence-corrected chi connectivity index (χ2v) is 18.1. The van der Waals surface area contributed by atoms with E-state index >= 15 is 0 Å². The van der Waals surface area contributed by atoms with Gasteiger partial charge in [-0.15, -0.1) is 0 Å². The lowest BCUT2D eigenvalue weighted by molar-refractivity contribution is -0.137. The van der Waals surface area contributed by atoms with E-state index in [1.807, 2.05) is 24.3 Å². The van der Waals surface area contributed by atoms with Crippen LogP contribution in [0.2, 0.25) is 0 Å². The Hall–Kier alpha value is -4.88. The van der Waals surface area contributed by atoms with Gasteiger partial charge in [-0.1, -0.05) is 12.1 Å². The van der Waals surface area contributed by atoms with Gasteiger partial charge in [-0.3, -0.25) is 24.8 Å². The third-order valence-electron chi connectivity index (χ3n) is 14.1. The predicted octanol–water partition coefficient (Wildman–Crippen LogP) is 5.11. The Morgan fingerprint density at radius 3 is 2.19 bits per heavy atom. The van der Waals surface area contributed by atoms with Crippen LogP contribution < -0.4 is 19.9 Å². The minimum Gasteiger partial charge on any atom is -0.488 e. The average Bonchev–Trinajstić information content (AvgIpc) is 3.65. The minimum absolute atomic E-state index is 0.0350. The van der Waals surface area contributed by atoms with Crippen LogP contribution in [0.25, 0.3) is 22.3 Å². The highest BCUT2D eigenvalue weighted by atomic mass is 16.5. The van der Waals surface area contributed by atoms with E-state index in [1.165, 1.54) is 19.4 Å². The molecule has 4 aliphatic heterocycles. The van der Waals surface area contributed by atoms with E-state index < -0.39 is 5.92 Å². The molecule has 0 bridgehead atoms. The van der Waals surface area contributed by atoms with Crippen molar-refractivity contribution in [3.63, 3.8) is 0 Å². The number of hydrogen-bond donors (Lipinski definition) is 2. The van der Waals surface area contributed by atoms with Crippen LogP contribution in [0.4, 0.5) is 11.5 Å². The van der Waals surface area contributed by atoms with Crippen LogP contribution in [-0.4, -0.2) is 119 Å². The summed E-state index contributed by atoms with van der Waals surface area (Å²) in [4.78, 5) is 57.4. The molecule has 5 fully saturated rings. The van der Waals surface area contributed by atoms with Gasteiger partial charge in [0.25, 0.3) is 0 Å². The summed E-state index contributed by atoms with van der Waals surface area (Å²) in [6.45, 7) is 13.0. The molecule has 6 heterocycles. The number of hydrogen-bond acceptors (Lipinski definition) is 11. The molecule has 4 aromatic rings. The van der Waals surface area contributed by atoms with Crippen molar-refractivity contribution in [1.82, 2.24) is 35.3 Å². The van der Waals surface area contributed by atoms with E-state index in [-0.39, 0.29) is 29.1 Å². The normalized spacial score (nSPS) is 24.7. The predicted molar refractivity (Wildman–Crippen MR) is 222 cm³/mol. The van der Waals surface area contributed by atoms with Gasteiger partial charge in [0, 0.05) is 106 Å². The van der Waals surface area contributed by atoms with Gasteiger partial charge in [0.2, 0.25) is 11.8 Å². The minimum atomic E-state index is -0.421. The van der Waals surface area contributed by atoms with Gasteiger partial charge in [-0.2, -0.15) is 5.10 Å². The lowest BCUT2D eigenvalue weighted by Gasteiger charge is -2.41. The van der Waals surface area contributed by atoms with Gasteiger partial charge in [0.05, 0.1) is 16.9 Å². The standard InChI is InChI=1S/C45H55N9O4/c1-45(13-14-45)58-31-5-7-37-36(23-31)42(50-49-37)38-25-40(47-28-46-38)54-17-11-30(12-18-54)27-52-21-19-51(20-22-52)26-29-9-15-53(16-10-29)39-4-2-3-32-34(39)24-35(43(32)56)33-6-8-41(55)48-44(33)57/h2-5,7,23,25,28-30,33,35H,6,8-22,24,26-27H2,1H3,(H,49,50)(H,48,55,57). The van der Waals surface area contributed by atoms with E-state index in [9.17, 15) is 14.4 Å². The smallest absolute Gasteiger partial charge is 0.230 e. The maximum atomic E-state index is 13.4. The molecular formula is C45H55N9O4. The third-order valence-corrected chi connectivity index (χ3v) is 14.1. The van der Waals surface area contributed by atoms with E-state index in [1.54, 1.807) is 6.33 Å². The Bertz CT molecular complexity index is 2190. The zero-order valence-corrected chi connectivity index (χ0v) is 33.6. The Labute approximate surface area is 339 Å². The number of ether oxygens (including phenoxy) is 1. The lowest BCUT2D eigenvalue weighted by atomic mass is 9.83. The molecular weight excluding hydrogens is 731 g/mol. The molecule has 2 aliphatic carbocycles. The number of rotatable bonds is 10. The lowest BCUT2D eigenvalue weighted by Crippen LogP contribution is -2.50. The topological polar surface area (TPSA) is 140 Å². The van der Waals surface area contributed by atoms with Crippen molar-refractivity contribution in [1.29, 1.82) is 0 Å². The number of carbonyl (C=O) groups excluding carboxylic acids is 3. The van der Waals surface area contributed by atoms with Crippen molar-refractivity contribution in [2.75, 3.05) is 75.2 Å². The number of amides is 2. The summed E-state index contributed by atoms with van der Waals surface area (Å²) in [7, 11) is 0. The largest absolute Gasteiger partial charge is 0.488 e. The Balaban J connectivity index is 0.671. The molecule has 0 spiro atoms. The number of fused-ring (bicyclic) bond motifs is 2. The first kappa shape index (κ1) is 37.4. The first-order valence-electron chi connectivity index (χ1n) is 21.7. The van der Waals surface area contributed by atoms with Crippen LogP contribution in [0.5, 0.6) is 5.75 Å². The number of benzene rings is 2. The summed E-state index contributed by atoms with van der Waals surface area (Å²) >= 11 is 0. The number of aromatic amines is 1. The van der Waals surface area contributed by atoms with Crippen LogP contribution >= 0.6 is 0 Å². The maximum absolute atomic E-state index is 13.4. The highest BCUT2D eigenvalue weighted by molar-refractivity contribution is 6.08. The highest BCUT2D eigenvalue weighted by Gasteiger charge is 2.43. The van der Waals surface area contributed by atoms with Crippen molar-refractivity contribution in [2.24, 2.45) is 23.7 Å². The molecule has 13 nitrogen and oxygen atoms in total. The summed E-state index contributed by atoms with van der Waals surface area (Å²) in [6, 6.07) is 14.3. The molecule has 2 unspecified atom stereocenters. The van der Waals surface area contributed by atoms with Gasteiger partial charge < -0.3 is 24.3 Å². The van der Waals surface area contributed by atoms with Crippen molar-refractivity contribution in [3.05, 3.63) is 59.9 Å². The zero-order chi connectivity index (χ0) is 39.4. The zero-order valence-electron chi connectivity index (χ0n) is 33.6. The van der Waals surface area contributed by atoms with Gasteiger partial charge in [0.1, 0.15) is 23.5 Å². The van der Waals surface area contributed by atoms with Crippen LogP contribution in [-0.2, 0) is 16.0 Å². The number of aromatic nitrogens is 4. The van der Waals surface area contributed by atoms with Crippen LogP contribution in [0, 0.1) is 23.7 Å². The quantitative estimate of drug-likeness (QED) is 0.208. The summed E-state index contributed by atoms with van der Waals surface area (Å²) in [5.41, 5.74) is 5.64. The molecule has 304 valence electrons. The van der Waals surface area contributed by atoms with Crippen LogP contribution in [0.3, 0.4) is 0 Å². The van der Waals surface area contributed by atoms with E-state index in [4.69, 9.17) is 4.74 Å². The number of nitrogens with one attached hydrogen (secondary N) is 2. The number of anilines is 2. The van der Waals surface area contributed by atoms with Crippen molar-refractivity contribution < 1.29 is 19.1 Å². The molecule has 2 atom stereocenters. The number of ketones is 1. The first-order chi connectivity index (χ1) is 28.2. The number of carbonyl (C=O) groups is 3. The average molecular weight is 786 g/mol. The Kier molecular flexibility index (Phi) is 9.91. The van der Waals surface area contributed by atoms with Crippen LogP contribution in [0.1, 0.15) is 74.2 Å². The summed E-state index contributed by atoms with van der Waals surface area (Å²) in [6.07, 6.45) is 9.85. The van der Waals surface area contributed by atoms with Gasteiger partial charge in [-0.05, 0) is 100.0 Å². The fourth-order valence-corrected chi connectivity index (χ4v) is 10.3. The monoisotopic (exact) mass is 785 g/mol. The van der Waals surface area contributed by atoms with E-state index in [2.05, 4.69) is 70.2 Å². The maximum Gasteiger partial charge on any atom is 0.230 e. The third kappa shape index (κ3) is 7.58. The van der Waals surface area contributed by atoms with Crippen molar-refractivity contribution >= 4 is 40.0 Å². The number of H-pyrrole nitrogens is 1. The molecule has 13 heteroatoms. The first-order valence-corrected chi connectivity index (χ1v) is 21.7. The Morgan fingerprint density at radius 2 is 1.50 bits per heavy atom. The van der Waals surface area contributed by atoms with E-state index in [0.717, 1.165) is 135 Å². The van der Waals surface area contributed by atoms with Gasteiger partial charge in [-0.25, -0.2) is 9.97 Å². The molecule has 58 heavy (non-hydrogen) atoms. The number of piperazine rings is 1. The molecule has 2 aromatic heterocycles. The van der Waals surface area contributed by atoms with Crippen LogP contribution in [0.15, 0.2) is 48.8 Å². The number of nitrogens with zero attached hydrogens (tertiary/aromatic N) is 7. The fraction of sp³-hybridized carbons (Fsp3) is 0.556. The van der Waals surface area contributed by atoms with Crippen molar-refractivity contribution in [2.45, 2.75) is 70.3 Å². The second kappa shape index (κ2) is 15.4. The number of imide groups is 1.